The summed E-state index contributed by atoms with van der Waals surface area (Å²) in [5.74, 6) is 1.48. The van der Waals surface area contributed by atoms with E-state index >= 15 is 0 Å². The van der Waals surface area contributed by atoms with Crippen LogP contribution in [0.1, 0.15) is 46.2 Å². The Morgan fingerprint density at radius 1 is 1.14 bits per heavy atom. The van der Waals surface area contributed by atoms with Crippen molar-refractivity contribution in [1.29, 1.82) is 0 Å². The zero-order valence-corrected chi connectivity index (χ0v) is 16.1. The maximum absolute atomic E-state index is 12.7. The van der Waals surface area contributed by atoms with Gasteiger partial charge < -0.3 is 19.4 Å². The molecular weight excluding hydrogens is 358 g/mol. The highest BCUT2D eigenvalue weighted by molar-refractivity contribution is 6.01. The molecule has 1 aromatic carbocycles. The van der Waals surface area contributed by atoms with Crippen LogP contribution in [-0.2, 0) is 6.54 Å². The fraction of sp³-hybridized carbons (Fsp3) is 0.429. The van der Waals surface area contributed by atoms with Crippen molar-refractivity contribution in [1.82, 2.24) is 14.8 Å². The van der Waals surface area contributed by atoms with Crippen molar-refractivity contribution in [3.05, 3.63) is 47.3 Å². The summed E-state index contributed by atoms with van der Waals surface area (Å²) in [7, 11) is 0. The van der Waals surface area contributed by atoms with Crippen molar-refractivity contribution >= 4 is 11.7 Å². The Balaban J connectivity index is 1.38. The Labute approximate surface area is 164 Å². The molecule has 1 fully saturated rings. The van der Waals surface area contributed by atoms with Crippen LogP contribution >= 0.6 is 0 Å². The smallest absolute Gasteiger partial charge is 0.270 e. The third-order valence-electron chi connectivity index (χ3n) is 5.29. The zero-order chi connectivity index (χ0) is 19.5. The van der Waals surface area contributed by atoms with E-state index in [0.717, 1.165) is 49.5 Å². The number of carbonyl (C=O) groups excluding carboxylic acids is 2. The highest BCUT2D eigenvalue weighted by Crippen LogP contribution is 2.32. The Morgan fingerprint density at radius 2 is 1.93 bits per heavy atom. The molecule has 1 aromatic heterocycles. The zero-order valence-electron chi connectivity index (χ0n) is 16.1. The first-order valence-corrected chi connectivity index (χ1v) is 9.76. The normalized spacial score (nSPS) is 15.4. The topological polar surface area (TPSA) is 74.9 Å². The second-order valence-electron chi connectivity index (χ2n) is 7.22. The molecule has 0 atom stereocenters. The first-order valence-electron chi connectivity index (χ1n) is 9.76. The molecule has 0 aliphatic carbocycles. The number of Topliss-reactive ketones (excluding diaryl/α,β-unsaturated/α-hetero) is 1. The molecule has 2 aliphatic rings. The lowest BCUT2D eigenvalue weighted by Crippen LogP contribution is -2.29. The van der Waals surface area contributed by atoms with Gasteiger partial charge in [-0.15, -0.1) is 0 Å². The van der Waals surface area contributed by atoms with Gasteiger partial charge in [0.15, 0.2) is 17.3 Å². The van der Waals surface area contributed by atoms with Gasteiger partial charge in [-0.1, -0.05) is 13.0 Å². The van der Waals surface area contributed by atoms with Gasteiger partial charge in [0, 0.05) is 31.4 Å². The minimum Gasteiger partial charge on any atom is -0.454 e. The number of H-pyrrole nitrogens is 1. The number of hydrogen-bond donors (Lipinski definition) is 1. The van der Waals surface area contributed by atoms with E-state index in [9.17, 15) is 9.59 Å². The Hall–Kier alpha value is -2.80. The molecule has 7 heteroatoms. The van der Waals surface area contributed by atoms with Gasteiger partial charge in [0.1, 0.15) is 5.69 Å². The first-order chi connectivity index (χ1) is 13.6. The third-order valence-corrected chi connectivity index (χ3v) is 5.29. The number of aromatic nitrogens is 1. The molecule has 0 spiro atoms. The van der Waals surface area contributed by atoms with Crippen LogP contribution in [0, 0.1) is 0 Å². The number of benzene rings is 1. The third kappa shape index (κ3) is 3.89. The molecule has 3 heterocycles. The van der Waals surface area contributed by atoms with Gasteiger partial charge >= 0.3 is 0 Å². The minimum absolute atomic E-state index is 0.000634. The number of nitrogens with zero attached hydrogens (tertiary/aromatic N) is 2. The van der Waals surface area contributed by atoms with E-state index < -0.39 is 0 Å². The number of likely N-dealkylation sites (tertiary alicyclic amines) is 1. The average molecular weight is 383 g/mol. The van der Waals surface area contributed by atoms with Gasteiger partial charge in [-0.25, -0.2) is 0 Å². The Bertz CT molecular complexity index is 870. The van der Waals surface area contributed by atoms with Crippen molar-refractivity contribution in [3.63, 3.8) is 0 Å². The lowest BCUT2D eigenvalue weighted by Gasteiger charge is -2.19. The van der Waals surface area contributed by atoms with Crippen molar-refractivity contribution in [3.8, 4) is 11.5 Å². The van der Waals surface area contributed by atoms with Crippen molar-refractivity contribution in [2.24, 2.45) is 0 Å². The van der Waals surface area contributed by atoms with Gasteiger partial charge in [0.05, 0.1) is 6.54 Å². The predicted molar refractivity (Wildman–Crippen MR) is 104 cm³/mol. The van der Waals surface area contributed by atoms with E-state index in [0.29, 0.717) is 24.3 Å². The number of carbonyl (C=O) groups is 2. The molecule has 0 radical (unpaired) electrons. The molecule has 2 aromatic rings. The monoisotopic (exact) mass is 383 g/mol. The molecule has 148 valence electrons. The van der Waals surface area contributed by atoms with Crippen LogP contribution in [0.3, 0.4) is 0 Å². The summed E-state index contributed by atoms with van der Waals surface area (Å²) in [5.41, 5.74) is 2.11. The molecule has 7 nitrogen and oxygen atoms in total. The summed E-state index contributed by atoms with van der Waals surface area (Å²) in [4.78, 5) is 32.0. The lowest BCUT2D eigenvalue weighted by molar-refractivity contribution is 0.0787. The summed E-state index contributed by atoms with van der Waals surface area (Å²) in [6.45, 7) is 5.54. The van der Waals surface area contributed by atoms with E-state index in [1.54, 1.807) is 12.3 Å². The number of amides is 1. The van der Waals surface area contributed by atoms with Crippen LogP contribution in [0.2, 0.25) is 0 Å². The summed E-state index contributed by atoms with van der Waals surface area (Å²) in [6, 6.07) is 7.52. The molecule has 0 saturated carbocycles. The fourth-order valence-electron chi connectivity index (χ4n) is 3.64. The van der Waals surface area contributed by atoms with Crippen molar-refractivity contribution in [2.45, 2.75) is 26.3 Å². The number of nitrogens with one attached hydrogen (secondary N) is 1. The summed E-state index contributed by atoms with van der Waals surface area (Å²) in [5, 5.41) is 0. The highest BCUT2D eigenvalue weighted by Gasteiger charge is 2.22. The van der Waals surface area contributed by atoms with E-state index in [4.69, 9.17) is 9.47 Å². The first kappa shape index (κ1) is 18.6. The average Bonchev–Trinajstić information content (AvgIpc) is 3.47. The molecule has 0 unspecified atom stereocenters. The van der Waals surface area contributed by atoms with Gasteiger partial charge in [-0.05, 0) is 43.1 Å². The standard InChI is InChI=1S/C21H25N3O4/c1-2-23(12-15-5-6-19-20(9-15)28-14-27-19)13-18(25)16-10-17(22-11-16)21(26)24-7-3-4-8-24/h5-6,9-11,22H,2-4,7-8,12-14H2,1H3. The summed E-state index contributed by atoms with van der Waals surface area (Å²) in [6.07, 6.45) is 3.73. The number of ether oxygens (including phenoxy) is 2. The van der Waals surface area contributed by atoms with E-state index in [1.165, 1.54) is 0 Å². The van der Waals surface area contributed by atoms with E-state index in [-0.39, 0.29) is 18.5 Å². The summed E-state index contributed by atoms with van der Waals surface area (Å²) >= 11 is 0. The Morgan fingerprint density at radius 3 is 2.71 bits per heavy atom. The quantitative estimate of drug-likeness (QED) is 0.744. The van der Waals surface area contributed by atoms with Gasteiger partial charge in [-0.2, -0.15) is 0 Å². The lowest BCUT2D eigenvalue weighted by atomic mass is 10.1. The molecule has 1 saturated heterocycles. The van der Waals surface area contributed by atoms with Crippen molar-refractivity contribution < 1.29 is 19.1 Å². The second kappa shape index (κ2) is 8.06. The van der Waals surface area contributed by atoms with Crippen LogP contribution in [0.15, 0.2) is 30.5 Å². The molecule has 1 amide bonds. The largest absolute Gasteiger partial charge is 0.454 e. The van der Waals surface area contributed by atoms with Gasteiger partial charge in [0.25, 0.3) is 5.91 Å². The van der Waals surface area contributed by atoms with Crippen LogP contribution in [0.4, 0.5) is 0 Å². The van der Waals surface area contributed by atoms with Crippen LogP contribution < -0.4 is 9.47 Å². The second-order valence-corrected chi connectivity index (χ2v) is 7.22. The van der Waals surface area contributed by atoms with Crippen LogP contribution in [0.5, 0.6) is 11.5 Å². The van der Waals surface area contributed by atoms with Crippen LogP contribution in [0.25, 0.3) is 0 Å². The number of rotatable bonds is 7. The van der Waals surface area contributed by atoms with Crippen molar-refractivity contribution in [2.75, 3.05) is 33.0 Å². The van der Waals surface area contributed by atoms with E-state index in [1.807, 2.05) is 30.0 Å². The van der Waals surface area contributed by atoms with E-state index in [2.05, 4.69) is 9.88 Å². The molecule has 4 rings (SSSR count). The number of aromatic amines is 1. The number of fused-ring (bicyclic) bond motifs is 1. The molecule has 0 bridgehead atoms. The maximum Gasteiger partial charge on any atom is 0.270 e. The molecule has 28 heavy (non-hydrogen) atoms. The SMILES string of the molecule is CCN(CC(=O)c1c[nH]c(C(=O)N2CCCC2)c1)Cc1ccc2c(c1)OCO2. The molecule has 1 N–H and O–H groups in total. The summed E-state index contributed by atoms with van der Waals surface area (Å²) < 4.78 is 10.8. The number of likely N-dealkylation sites (N-methyl/N-ethyl adjacent to an activating group) is 1. The van der Waals surface area contributed by atoms with Gasteiger partial charge in [-0.3, -0.25) is 14.5 Å². The molecular formula is C21H25N3O4. The Kier molecular flexibility index (Phi) is 5.34. The number of ketones is 1. The maximum atomic E-state index is 12.7. The molecule has 2 aliphatic heterocycles. The number of hydrogen-bond acceptors (Lipinski definition) is 5. The minimum atomic E-state index is -0.0238. The van der Waals surface area contributed by atoms with Gasteiger partial charge in [0.2, 0.25) is 6.79 Å². The fourth-order valence-corrected chi connectivity index (χ4v) is 3.64. The van der Waals surface area contributed by atoms with Crippen LogP contribution in [-0.4, -0.2) is 59.4 Å². The highest BCUT2D eigenvalue weighted by atomic mass is 16.7. The predicted octanol–water partition coefficient (Wildman–Crippen LogP) is 2.68.